The molecular formula is C14H19N3O4. The maximum atomic E-state index is 12.2. The fourth-order valence-corrected chi connectivity index (χ4v) is 2.86. The molecule has 2 aliphatic heterocycles. The number of imide groups is 1. The van der Waals surface area contributed by atoms with Gasteiger partial charge in [-0.05, 0) is 25.2 Å². The van der Waals surface area contributed by atoms with Crippen molar-refractivity contribution in [3.8, 4) is 0 Å². The van der Waals surface area contributed by atoms with Crippen LogP contribution >= 0.6 is 0 Å². The quantitative estimate of drug-likeness (QED) is 0.661. The van der Waals surface area contributed by atoms with E-state index in [9.17, 15) is 19.2 Å². The van der Waals surface area contributed by atoms with Crippen LogP contribution < -0.4 is 10.6 Å². The number of nitrogens with zero attached hydrogens (tertiary/aromatic N) is 1. The van der Waals surface area contributed by atoms with Crippen LogP contribution in [-0.4, -0.2) is 47.7 Å². The van der Waals surface area contributed by atoms with Crippen LogP contribution in [0.15, 0.2) is 0 Å². The summed E-state index contributed by atoms with van der Waals surface area (Å²) in [5, 5.41) is 4.87. The smallest absolute Gasteiger partial charge is 0.249 e. The van der Waals surface area contributed by atoms with Gasteiger partial charge in [-0.25, -0.2) is 0 Å². The summed E-state index contributed by atoms with van der Waals surface area (Å²) in [5.41, 5.74) is 0. The summed E-state index contributed by atoms with van der Waals surface area (Å²) in [6.45, 7) is 1.19. The number of hydrogen-bond donors (Lipinski definition) is 2. The number of rotatable bonds is 4. The second-order valence-corrected chi connectivity index (χ2v) is 6.16. The zero-order valence-electron chi connectivity index (χ0n) is 11.8. The second kappa shape index (κ2) is 5.46. The molecule has 2 atom stereocenters. The molecule has 1 saturated carbocycles. The zero-order valence-corrected chi connectivity index (χ0v) is 11.8. The maximum absolute atomic E-state index is 12.2. The Morgan fingerprint density at radius 1 is 1.24 bits per heavy atom. The molecule has 0 aromatic heterocycles. The molecular weight excluding hydrogens is 274 g/mol. The third-order valence-corrected chi connectivity index (χ3v) is 4.32. The fraction of sp³-hybridized carbons (Fsp3) is 0.714. The molecule has 114 valence electrons. The number of piperidine rings is 1. The molecule has 2 saturated heterocycles. The summed E-state index contributed by atoms with van der Waals surface area (Å²) in [4.78, 5) is 48.5. The van der Waals surface area contributed by atoms with E-state index in [0.29, 0.717) is 18.9 Å². The topological polar surface area (TPSA) is 95.6 Å². The van der Waals surface area contributed by atoms with Crippen LogP contribution in [0.2, 0.25) is 0 Å². The van der Waals surface area contributed by atoms with Gasteiger partial charge in [0.15, 0.2) is 0 Å². The van der Waals surface area contributed by atoms with Crippen LogP contribution in [-0.2, 0) is 19.2 Å². The second-order valence-electron chi connectivity index (χ2n) is 6.16. The summed E-state index contributed by atoms with van der Waals surface area (Å²) in [6.07, 6.45) is 3.09. The highest BCUT2D eigenvalue weighted by Gasteiger charge is 2.38. The maximum Gasteiger partial charge on any atom is 0.249 e. The zero-order chi connectivity index (χ0) is 15.0. The van der Waals surface area contributed by atoms with Gasteiger partial charge in [-0.15, -0.1) is 0 Å². The Balaban J connectivity index is 1.52. The van der Waals surface area contributed by atoms with Crippen molar-refractivity contribution in [2.45, 2.75) is 38.1 Å². The number of amides is 4. The fourth-order valence-electron chi connectivity index (χ4n) is 2.86. The first-order valence-corrected chi connectivity index (χ1v) is 7.45. The van der Waals surface area contributed by atoms with Gasteiger partial charge in [-0.1, -0.05) is 0 Å². The molecule has 2 N–H and O–H groups in total. The lowest BCUT2D eigenvalue weighted by Crippen LogP contribution is -2.53. The average molecular weight is 293 g/mol. The molecule has 7 heteroatoms. The molecule has 2 heterocycles. The van der Waals surface area contributed by atoms with Crippen molar-refractivity contribution >= 4 is 23.6 Å². The van der Waals surface area contributed by atoms with E-state index in [1.165, 1.54) is 0 Å². The van der Waals surface area contributed by atoms with Crippen molar-refractivity contribution < 1.29 is 19.2 Å². The molecule has 0 aromatic carbocycles. The molecule has 0 bridgehead atoms. The van der Waals surface area contributed by atoms with Gasteiger partial charge >= 0.3 is 0 Å². The third kappa shape index (κ3) is 3.22. The van der Waals surface area contributed by atoms with Crippen LogP contribution in [0.4, 0.5) is 0 Å². The SMILES string of the molecule is O=C1CCC(NC(=O)C2CC(=O)N(CC3CC3)C2)C(=O)N1. The van der Waals surface area contributed by atoms with Crippen molar-refractivity contribution in [1.82, 2.24) is 15.5 Å². The highest BCUT2D eigenvalue weighted by atomic mass is 16.2. The van der Waals surface area contributed by atoms with Gasteiger partial charge < -0.3 is 10.2 Å². The molecule has 3 fully saturated rings. The molecule has 3 aliphatic rings. The monoisotopic (exact) mass is 293 g/mol. The molecule has 3 rings (SSSR count). The Bertz CT molecular complexity index is 500. The van der Waals surface area contributed by atoms with Crippen molar-refractivity contribution in [3.05, 3.63) is 0 Å². The summed E-state index contributed by atoms with van der Waals surface area (Å²) in [5.74, 6) is -0.801. The molecule has 4 amide bonds. The van der Waals surface area contributed by atoms with Gasteiger partial charge in [0.05, 0.1) is 5.92 Å². The molecule has 0 radical (unpaired) electrons. The Labute approximate surface area is 122 Å². The van der Waals surface area contributed by atoms with Gasteiger partial charge in [0.25, 0.3) is 0 Å². The van der Waals surface area contributed by atoms with Gasteiger partial charge in [-0.3, -0.25) is 24.5 Å². The van der Waals surface area contributed by atoms with Gasteiger partial charge in [0, 0.05) is 25.9 Å². The lowest BCUT2D eigenvalue weighted by Gasteiger charge is -2.23. The number of nitrogens with one attached hydrogen (secondary N) is 2. The summed E-state index contributed by atoms with van der Waals surface area (Å²) >= 11 is 0. The molecule has 2 unspecified atom stereocenters. The molecule has 1 aliphatic carbocycles. The highest BCUT2D eigenvalue weighted by Crippen LogP contribution is 2.32. The van der Waals surface area contributed by atoms with Crippen LogP contribution in [0.25, 0.3) is 0 Å². The molecule has 21 heavy (non-hydrogen) atoms. The Hall–Kier alpha value is -1.92. The largest absolute Gasteiger partial charge is 0.344 e. The normalized spacial score (nSPS) is 29.5. The first-order chi connectivity index (χ1) is 10.0. The predicted octanol–water partition coefficient (Wildman–Crippen LogP) is -0.834. The molecule has 0 spiro atoms. The molecule has 0 aromatic rings. The van der Waals surface area contributed by atoms with E-state index in [0.717, 1.165) is 19.4 Å². The van der Waals surface area contributed by atoms with E-state index in [1.807, 2.05) is 0 Å². The Morgan fingerprint density at radius 3 is 2.67 bits per heavy atom. The van der Waals surface area contributed by atoms with Crippen LogP contribution in [0.5, 0.6) is 0 Å². The van der Waals surface area contributed by atoms with Crippen LogP contribution in [0.1, 0.15) is 32.1 Å². The first kappa shape index (κ1) is 14.0. The van der Waals surface area contributed by atoms with E-state index in [1.54, 1.807) is 4.90 Å². The van der Waals surface area contributed by atoms with Crippen molar-refractivity contribution in [1.29, 1.82) is 0 Å². The van der Waals surface area contributed by atoms with E-state index in [2.05, 4.69) is 10.6 Å². The lowest BCUT2D eigenvalue weighted by molar-refractivity contribution is -0.138. The number of likely N-dealkylation sites (tertiary alicyclic amines) is 1. The van der Waals surface area contributed by atoms with E-state index >= 15 is 0 Å². The summed E-state index contributed by atoms with van der Waals surface area (Å²) in [6, 6.07) is -0.664. The van der Waals surface area contributed by atoms with Gasteiger partial charge in [-0.2, -0.15) is 0 Å². The van der Waals surface area contributed by atoms with Gasteiger partial charge in [0.2, 0.25) is 23.6 Å². The first-order valence-electron chi connectivity index (χ1n) is 7.45. The Morgan fingerprint density at radius 2 is 2.00 bits per heavy atom. The standard InChI is InChI=1S/C14H19N3O4/c18-11-4-3-10(14(21)16-11)15-13(20)9-5-12(19)17(7-9)6-8-1-2-8/h8-10H,1-7H2,(H,15,20)(H,16,18,21). The average Bonchev–Trinajstić information content (AvgIpc) is 3.16. The summed E-state index contributed by atoms with van der Waals surface area (Å²) < 4.78 is 0. The van der Waals surface area contributed by atoms with Crippen LogP contribution in [0, 0.1) is 11.8 Å². The van der Waals surface area contributed by atoms with E-state index < -0.39 is 11.9 Å². The third-order valence-electron chi connectivity index (χ3n) is 4.32. The predicted molar refractivity (Wildman–Crippen MR) is 71.7 cm³/mol. The number of hydrogen-bond acceptors (Lipinski definition) is 4. The highest BCUT2D eigenvalue weighted by molar-refractivity contribution is 6.02. The van der Waals surface area contributed by atoms with E-state index in [-0.39, 0.29) is 36.5 Å². The minimum absolute atomic E-state index is 0.0188. The van der Waals surface area contributed by atoms with Gasteiger partial charge in [0.1, 0.15) is 6.04 Å². The van der Waals surface area contributed by atoms with Crippen molar-refractivity contribution in [3.63, 3.8) is 0 Å². The Kier molecular flexibility index (Phi) is 3.65. The lowest BCUT2D eigenvalue weighted by atomic mass is 10.0. The van der Waals surface area contributed by atoms with Crippen molar-refractivity contribution in [2.24, 2.45) is 11.8 Å². The van der Waals surface area contributed by atoms with Crippen LogP contribution in [0.3, 0.4) is 0 Å². The minimum Gasteiger partial charge on any atom is -0.344 e. The van der Waals surface area contributed by atoms with Crippen molar-refractivity contribution in [2.75, 3.05) is 13.1 Å². The number of carbonyl (C=O) groups is 4. The minimum atomic E-state index is -0.664. The van der Waals surface area contributed by atoms with E-state index in [4.69, 9.17) is 0 Å². The molecule has 7 nitrogen and oxygen atoms in total. The number of carbonyl (C=O) groups excluding carboxylic acids is 4. The summed E-state index contributed by atoms with van der Waals surface area (Å²) in [7, 11) is 0.